The molecule has 0 saturated carbocycles. The number of hydrogen-bond donors (Lipinski definition) is 1. The molecule has 1 N–H and O–H groups in total. The number of aromatic nitrogens is 2. The van der Waals surface area contributed by atoms with Crippen molar-refractivity contribution in [3.63, 3.8) is 0 Å². The van der Waals surface area contributed by atoms with Gasteiger partial charge in [0.05, 0.1) is 6.20 Å². The third kappa shape index (κ3) is 2.58. The van der Waals surface area contributed by atoms with E-state index in [1.807, 2.05) is 31.2 Å². The van der Waals surface area contributed by atoms with Crippen LogP contribution in [0.4, 0.5) is 5.69 Å². The summed E-state index contributed by atoms with van der Waals surface area (Å²) in [4.78, 5) is 37.7. The molecule has 0 spiro atoms. The Morgan fingerprint density at radius 1 is 1.33 bits per heavy atom. The first-order valence-electron chi connectivity index (χ1n) is 7.59. The van der Waals surface area contributed by atoms with Crippen LogP contribution in [-0.2, 0) is 11.3 Å². The summed E-state index contributed by atoms with van der Waals surface area (Å²) in [6.07, 6.45) is 1.29. The van der Waals surface area contributed by atoms with Crippen molar-refractivity contribution in [1.29, 1.82) is 0 Å². The number of anilines is 1. The molecular weight excluding hydrogens is 310 g/mol. The monoisotopic (exact) mass is 327 g/mol. The Hall–Kier alpha value is -2.96. The van der Waals surface area contributed by atoms with Gasteiger partial charge in [-0.15, -0.1) is 0 Å². The number of aryl methyl sites for hydroxylation is 1. The molecule has 1 aliphatic heterocycles. The van der Waals surface area contributed by atoms with Crippen LogP contribution in [0.3, 0.4) is 0 Å². The van der Waals surface area contributed by atoms with Crippen molar-refractivity contribution in [3.8, 4) is 0 Å². The number of nitrogens with zero attached hydrogens (tertiary/aromatic N) is 3. The number of para-hydroxylation sites is 1. The number of hydrogen-bond acceptors (Lipinski definition) is 4. The third-order valence-corrected chi connectivity index (χ3v) is 4.25. The van der Waals surface area contributed by atoms with Crippen LogP contribution in [-0.4, -0.2) is 33.3 Å². The Morgan fingerprint density at radius 3 is 2.75 bits per heavy atom. The van der Waals surface area contributed by atoms with Gasteiger partial charge in [-0.25, -0.2) is 9.48 Å². The maximum atomic E-state index is 12.6. The van der Waals surface area contributed by atoms with Gasteiger partial charge in [0.25, 0.3) is 5.56 Å². The smallest absolute Gasteiger partial charge is 0.341 e. The van der Waals surface area contributed by atoms with Crippen LogP contribution in [0, 0.1) is 6.92 Å². The summed E-state index contributed by atoms with van der Waals surface area (Å²) in [5.41, 5.74) is 1.07. The minimum Gasteiger partial charge on any atom is -0.477 e. The SMILES string of the molecule is Cc1cnn(CC(=O)N2CC(C)c3ccccc32)c(=O)c1C(=O)O. The van der Waals surface area contributed by atoms with Crippen LogP contribution < -0.4 is 10.5 Å². The standard InChI is InChI=1S/C17H17N3O4/c1-10-7-18-20(16(22)15(10)17(23)24)9-14(21)19-8-11(2)12-5-3-4-6-13(12)19/h3-7,11H,8-9H2,1-2H3,(H,23,24). The maximum Gasteiger partial charge on any atom is 0.341 e. The van der Waals surface area contributed by atoms with Crippen molar-refractivity contribution in [2.75, 3.05) is 11.4 Å². The highest BCUT2D eigenvalue weighted by Crippen LogP contribution is 2.35. The van der Waals surface area contributed by atoms with Crippen LogP contribution in [0.15, 0.2) is 35.3 Å². The summed E-state index contributed by atoms with van der Waals surface area (Å²) in [5.74, 6) is -1.40. The Morgan fingerprint density at radius 2 is 2.04 bits per heavy atom. The summed E-state index contributed by atoms with van der Waals surface area (Å²) in [7, 11) is 0. The highest BCUT2D eigenvalue weighted by molar-refractivity contribution is 5.95. The van der Waals surface area contributed by atoms with Gasteiger partial charge in [-0.05, 0) is 24.1 Å². The Kier molecular flexibility index (Phi) is 3.92. The molecule has 1 aromatic heterocycles. The fraction of sp³-hybridized carbons (Fsp3) is 0.294. The summed E-state index contributed by atoms with van der Waals surface area (Å²) in [5, 5.41) is 13.0. The number of fused-ring (bicyclic) bond motifs is 1. The van der Waals surface area contributed by atoms with Crippen molar-refractivity contribution in [2.24, 2.45) is 0 Å². The molecule has 3 rings (SSSR count). The van der Waals surface area contributed by atoms with E-state index < -0.39 is 11.5 Å². The van der Waals surface area contributed by atoms with Gasteiger partial charge in [0, 0.05) is 18.2 Å². The molecule has 7 heteroatoms. The molecular formula is C17H17N3O4. The fourth-order valence-electron chi connectivity index (χ4n) is 3.01. The van der Waals surface area contributed by atoms with Crippen LogP contribution in [0.2, 0.25) is 0 Å². The molecule has 1 atom stereocenters. The molecule has 1 unspecified atom stereocenters. The van der Waals surface area contributed by atoms with Gasteiger partial charge in [0.2, 0.25) is 5.91 Å². The molecule has 2 aromatic rings. The summed E-state index contributed by atoms with van der Waals surface area (Å²) < 4.78 is 0.907. The fourth-order valence-corrected chi connectivity index (χ4v) is 3.01. The predicted molar refractivity (Wildman–Crippen MR) is 87.4 cm³/mol. The number of carboxylic acids is 1. The number of carboxylic acid groups (broad SMARTS) is 1. The van der Waals surface area contributed by atoms with Crippen molar-refractivity contribution >= 4 is 17.6 Å². The van der Waals surface area contributed by atoms with E-state index in [0.29, 0.717) is 6.54 Å². The lowest BCUT2D eigenvalue weighted by Gasteiger charge is -2.18. The average molecular weight is 327 g/mol. The Labute approximate surface area is 138 Å². The molecule has 0 bridgehead atoms. The minimum absolute atomic E-state index is 0.211. The van der Waals surface area contributed by atoms with E-state index >= 15 is 0 Å². The van der Waals surface area contributed by atoms with Gasteiger partial charge in [-0.2, -0.15) is 5.10 Å². The van der Waals surface area contributed by atoms with Crippen molar-refractivity contribution in [2.45, 2.75) is 26.3 Å². The van der Waals surface area contributed by atoms with Gasteiger partial charge in [-0.1, -0.05) is 25.1 Å². The number of carbonyl (C=O) groups excluding carboxylic acids is 1. The lowest BCUT2D eigenvalue weighted by molar-refractivity contribution is -0.119. The van der Waals surface area contributed by atoms with Gasteiger partial charge < -0.3 is 10.0 Å². The molecule has 124 valence electrons. The zero-order chi connectivity index (χ0) is 17.4. The molecule has 1 aliphatic rings. The lowest BCUT2D eigenvalue weighted by Crippen LogP contribution is -2.38. The van der Waals surface area contributed by atoms with E-state index in [-0.39, 0.29) is 29.5 Å². The molecule has 0 aliphatic carbocycles. The highest BCUT2D eigenvalue weighted by atomic mass is 16.4. The largest absolute Gasteiger partial charge is 0.477 e. The van der Waals surface area contributed by atoms with Crippen molar-refractivity contribution < 1.29 is 14.7 Å². The van der Waals surface area contributed by atoms with E-state index in [2.05, 4.69) is 5.10 Å². The Balaban J connectivity index is 1.91. The van der Waals surface area contributed by atoms with Gasteiger partial charge >= 0.3 is 5.97 Å². The predicted octanol–water partition coefficient (Wildman–Crippen LogP) is 1.40. The van der Waals surface area contributed by atoms with E-state index in [1.54, 1.807) is 4.90 Å². The number of carbonyl (C=O) groups is 2. The number of aromatic carboxylic acids is 1. The second kappa shape index (κ2) is 5.92. The normalized spacial score (nSPS) is 16.1. The van der Waals surface area contributed by atoms with Gasteiger partial charge in [0.15, 0.2) is 0 Å². The number of rotatable bonds is 3. The average Bonchev–Trinajstić information content (AvgIpc) is 2.87. The van der Waals surface area contributed by atoms with Gasteiger partial charge in [-0.3, -0.25) is 9.59 Å². The molecule has 0 saturated heterocycles. The van der Waals surface area contributed by atoms with Crippen LogP contribution in [0.1, 0.15) is 34.3 Å². The first-order valence-corrected chi connectivity index (χ1v) is 7.59. The molecule has 1 aromatic carbocycles. The first kappa shape index (κ1) is 15.9. The van der Waals surface area contributed by atoms with E-state index in [4.69, 9.17) is 5.11 Å². The quantitative estimate of drug-likeness (QED) is 0.920. The lowest BCUT2D eigenvalue weighted by atomic mass is 10.0. The minimum atomic E-state index is -1.32. The van der Waals surface area contributed by atoms with Crippen LogP contribution in [0.25, 0.3) is 0 Å². The van der Waals surface area contributed by atoms with Crippen molar-refractivity contribution in [3.05, 3.63) is 57.5 Å². The number of benzene rings is 1. The van der Waals surface area contributed by atoms with E-state index in [0.717, 1.165) is 15.9 Å². The molecule has 24 heavy (non-hydrogen) atoms. The second-order valence-electron chi connectivity index (χ2n) is 5.93. The molecule has 0 fully saturated rings. The van der Waals surface area contributed by atoms with Crippen molar-refractivity contribution in [1.82, 2.24) is 9.78 Å². The zero-order valence-corrected chi connectivity index (χ0v) is 13.4. The molecule has 7 nitrogen and oxygen atoms in total. The second-order valence-corrected chi connectivity index (χ2v) is 5.93. The molecule has 0 radical (unpaired) electrons. The summed E-state index contributed by atoms with van der Waals surface area (Å²) in [6, 6.07) is 7.63. The first-order chi connectivity index (χ1) is 11.4. The van der Waals surface area contributed by atoms with Gasteiger partial charge in [0.1, 0.15) is 12.1 Å². The van der Waals surface area contributed by atoms with E-state index in [9.17, 15) is 14.4 Å². The Bertz CT molecular complexity index is 888. The highest BCUT2D eigenvalue weighted by Gasteiger charge is 2.30. The summed E-state index contributed by atoms with van der Waals surface area (Å²) >= 11 is 0. The van der Waals surface area contributed by atoms with E-state index in [1.165, 1.54) is 13.1 Å². The number of amides is 1. The summed E-state index contributed by atoms with van der Waals surface area (Å²) in [6.45, 7) is 3.78. The molecule has 2 heterocycles. The molecule has 1 amide bonds. The third-order valence-electron chi connectivity index (χ3n) is 4.25. The van der Waals surface area contributed by atoms with Crippen LogP contribution >= 0.6 is 0 Å². The zero-order valence-electron chi connectivity index (χ0n) is 13.4. The topological polar surface area (TPSA) is 92.5 Å². The maximum absolute atomic E-state index is 12.6. The van der Waals surface area contributed by atoms with Crippen LogP contribution in [0.5, 0.6) is 0 Å².